The van der Waals surface area contributed by atoms with Crippen LogP contribution in [0.2, 0.25) is 0 Å². The maximum atomic E-state index is 10.9. The fraction of sp³-hybridized carbons (Fsp3) is 0.222. The quantitative estimate of drug-likeness (QED) is 0.723. The minimum atomic E-state index is -0.175. The van der Waals surface area contributed by atoms with Gasteiger partial charge in [0.1, 0.15) is 0 Å². The number of carbonyl (C=O) groups excluding carboxylic acids is 1. The lowest BCUT2D eigenvalue weighted by Crippen LogP contribution is -1.94. The van der Waals surface area contributed by atoms with Crippen molar-refractivity contribution in [2.75, 3.05) is 0 Å². The number of thiophene rings is 1. The van der Waals surface area contributed by atoms with Crippen molar-refractivity contribution in [3.8, 4) is 0 Å². The van der Waals surface area contributed by atoms with Crippen molar-refractivity contribution < 1.29 is 9.32 Å². The molecule has 4 nitrogen and oxygen atoms in total. The summed E-state index contributed by atoms with van der Waals surface area (Å²) in [5.41, 5.74) is 0. The summed E-state index contributed by atoms with van der Waals surface area (Å²) in [5.74, 6) is 0.459. The van der Waals surface area contributed by atoms with Gasteiger partial charge in [-0.2, -0.15) is 4.98 Å². The Kier molecular flexibility index (Phi) is 2.41. The molecular formula is C9H8N2O2S. The van der Waals surface area contributed by atoms with Crippen LogP contribution >= 0.6 is 11.3 Å². The number of ketones is 1. The van der Waals surface area contributed by atoms with Gasteiger partial charge in [0.25, 0.3) is 0 Å². The third kappa shape index (κ3) is 1.88. The van der Waals surface area contributed by atoms with Crippen molar-refractivity contribution in [3.63, 3.8) is 0 Å². The Labute approximate surface area is 84.6 Å². The molecule has 0 amide bonds. The van der Waals surface area contributed by atoms with Crippen LogP contribution in [-0.2, 0) is 6.42 Å². The Morgan fingerprint density at radius 3 is 3.07 bits per heavy atom. The Morgan fingerprint density at radius 2 is 2.50 bits per heavy atom. The molecule has 0 bridgehead atoms. The van der Waals surface area contributed by atoms with E-state index in [2.05, 4.69) is 10.1 Å². The van der Waals surface area contributed by atoms with Crippen LogP contribution < -0.4 is 0 Å². The Hall–Kier alpha value is -1.49. The van der Waals surface area contributed by atoms with E-state index >= 15 is 0 Å². The van der Waals surface area contributed by atoms with Crippen LogP contribution in [0.3, 0.4) is 0 Å². The molecule has 0 aliphatic carbocycles. The molecule has 0 aliphatic heterocycles. The van der Waals surface area contributed by atoms with Gasteiger partial charge in [0, 0.05) is 11.8 Å². The average molecular weight is 208 g/mol. The van der Waals surface area contributed by atoms with Gasteiger partial charge in [-0.3, -0.25) is 4.79 Å². The highest BCUT2D eigenvalue weighted by Gasteiger charge is 2.10. The molecule has 2 heterocycles. The zero-order valence-electron chi connectivity index (χ0n) is 7.56. The van der Waals surface area contributed by atoms with Gasteiger partial charge in [-0.15, -0.1) is 11.3 Å². The van der Waals surface area contributed by atoms with Gasteiger partial charge in [-0.1, -0.05) is 11.2 Å². The second-order valence-corrected chi connectivity index (χ2v) is 3.86. The van der Waals surface area contributed by atoms with E-state index in [9.17, 15) is 4.79 Å². The SMILES string of the molecule is CC(=O)c1noc(Cc2cccs2)n1. The molecule has 0 unspecified atom stereocenters. The van der Waals surface area contributed by atoms with E-state index in [1.165, 1.54) is 6.92 Å². The van der Waals surface area contributed by atoms with Crippen LogP contribution in [0.1, 0.15) is 28.3 Å². The number of carbonyl (C=O) groups is 1. The second-order valence-electron chi connectivity index (χ2n) is 2.82. The number of aromatic nitrogens is 2. The van der Waals surface area contributed by atoms with Crippen molar-refractivity contribution in [2.45, 2.75) is 13.3 Å². The van der Waals surface area contributed by atoms with Gasteiger partial charge in [-0.05, 0) is 11.4 Å². The van der Waals surface area contributed by atoms with Crippen molar-refractivity contribution in [3.05, 3.63) is 34.1 Å². The Morgan fingerprint density at radius 1 is 1.64 bits per heavy atom. The molecule has 14 heavy (non-hydrogen) atoms. The number of hydrogen-bond donors (Lipinski definition) is 0. The van der Waals surface area contributed by atoms with Gasteiger partial charge in [-0.25, -0.2) is 0 Å². The number of nitrogens with zero attached hydrogens (tertiary/aromatic N) is 2. The van der Waals surface area contributed by atoms with E-state index < -0.39 is 0 Å². The molecule has 2 rings (SSSR count). The molecule has 2 aromatic rings. The van der Waals surface area contributed by atoms with Crippen LogP contribution in [0.4, 0.5) is 0 Å². The summed E-state index contributed by atoms with van der Waals surface area (Å²) in [6, 6.07) is 3.95. The van der Waals surface area contributed by atoms with E-state index in [4.69, 9.17) is 4.52 Å². The number of hydrogen-bond acceptors (Lipinski definition) is 5. The molecule has 0 fully saturated rings. The molecular weight excluding hydrogens is 200 g/mol. The average Bonchev–Trinajstić information content (AvgIpc) is 2.75. The minimum Gasteiger partial charge on any atom is -0.338 e. The maximum absolute atomic E-state index is 10.9. The normalized spacial score (nSPS) is 10.4. The summed E-state index contributed by atoms with van der Waals surface area (Å²) >= 11 is 1.62. The topological polar surface area (TPSA) is 56.0 Å². The highest BCUT2D eigenvalue weighted by atomic mass is 32.1. The first-order valence-corrected chi connectivity index (χ1v) is 4.99. The van der Waals surface area contributed by atoms with Gasteiger partial charge in [0.05, 0.1) is 6.42 Å². The van der Waals surface area contributed by atoms with Gasteiger partial charge < -0.3 is 4.52 Å². The molecule has 0 saturated heterocycles. The predicted octanol–water partition coefficient (Wildman–Crippen LogP) is 1.92. The molecule has 0 radical (unpaired) electrons. The van der Waals surface area contributed by atoms with Crippen molar-refractivity contribution in [1.29, 1.82) is 0 Å². The number of rotatable bonds is 3. The molecule has 0 spiro atoms. The molecule has 0 aliphatic rings. The van der Waals surface area contributed by atoms with E-state index in [1.54, 1.807) is 11.3 Å². The predicted molar refractivity (Wildman–Crippen MR) is 51.4 cm³/mol. The molecule has 2 aromatic heterocycles. The van der Waals surface area contributed by atoms with Gasteiger partial charge in [0.15, 0.2) is 0 Å². The fourth-order valence-electron chi connectivity index (χ4n) is 1.03. The largest absolute Gasteiger partial charge is 0.338 e. The first-order chi connectivity index (χ1) is 6.75. The van der Waals surface area contributed by atoms with E-state index in [1.807, 2.05) is 17.5 Å². The lowest BCUT2D eigenvalue weighted by Gasteiger charge is -1.87. The van der Waals surface area contributed by atoms with E-state index in [0.29, 0.717) is 12.3 Å². The van der Waals surface area contributed by atoms with Crippen LogP contribution in [0.15, 0.2) is 22.0 Å². The Bertz CT molecular complexity index is 433. The van der Waals surface area contributed by atoms with Gasteiger partial charge >= 0.3 is 0 Å². The zero-order valence-corrected chi connectivity index (χ0v) is 8.37. The standard InChI is InChI=1S/C9H8N2O2S/c1-6(12)9-10-8(13-11-9)5-7-3-2-4-14-7/h2-4H,5H2,1H3. The zero-order chi connectivity index (χ0) is 9.97. The molecule has 5 heteroatoms. The molecule has 0 atom stereocenters. The Balaban J connectivity index is 2.14. The van der Waals surface area contributed by atoms with Crippen LogP contribution in [0, 0.1) is 0 Å². The maximum Gasteiger partial charge on any atom is 0.238 e. The summed E-state index contributed by atoms with van der Waals surface area (Å²) in [4.78, 5) is 16.0. The lowest BCUT2D eigenvalue weighted by molar-refractivity contribution is 0.100. The van der Waals surface area contributed by atoms with E-state index in [0.717, 1.165) is 4.88 Å². The third-order valence-corrected chi connectivity index (χ3v) is 2.56. The highest BCUT2D eigenvalue weighted by molar-refractivity contribution is 7.09. The van der Waals surface area contributed by atoms with Gasteiger partial charge in [0.2, 0.25) is 17.5 Å². The van der Waals surface area contributed by atoms with Crippen molar-refractivity contribution in [1.82, 2.24) is 10.1 Å². The van der Waals surface area contributed by atoms with Crippen LogP contribution in [0.25, 0.3) is 0 Å². The molecule has 0 saturated carbocycles. The summed E-state index contributed by atoms with van der Waals surface area (Å²) in [5, 5.41) is 5.55. The highest BCUT2D eigenvalue weighted by Crippen LogP contribution is 2.13. The van der Waals surface area contributed by atoms with Crippen molar-refractivity contribution in [2.24, 2.45) is 0 Å². The fourth-order valence-corrected chi connectivity index (χ4v) is 1.73. The van der Waals surface area contributed by atoms with E-state index in [-0.39, 0.29) is 11.6 Å². The minimum absolute atomic E-state index is 0.150. The lowest BCUT2D eigenvalue weighted by atomic mass is 10.3. The van der Waals surface area contributed by atoms with Crippen LogP contribution in [0.5, 0.6) is 0 Å². The van der Waals surface area contributed by atoms with Crippen LogP contribution in [-0.4, -0.2) is 15.9 Å². The number of Topliss-reactive ketones (excluding diaryl/α,β-unsaturated/α-hetero) is 1. The molecule has 0 aromatic carbocycles. The first-order valence-electron chi connectivity index (χ1n) is 4.11. The second kappa shape index (κ2) is 3.71. The molecule has 72 valence electrons. The summed E-state index contributed by atoms with van der Waals surface area (Å²) in [6.07, 6.45) is 0.595. The monoisotopic (exact) mass is 208 g/mol. The summed E-state index contributed by atoms with van der Waals surface area (Å²) < 4.78 is 4.92. The third-order valence-electron chi connectivity index (χ3n) is 1.69. The summed E-state index contributed by atoms with van der Waals surface area (Å²) in [7, 11) is 0. The van der Waals surface area contributed by atoms with Crippen molar-refractivity contribution >= 4 is 17.1 Å². The summed E-state index contributed by atoms with van der Waals surface area (Å²) in [6.45, 7) is 1.42. The molecule has 0 N–H and O–H groups in total. The smallest absolute Gasteiger partial charge is 0.238 e. The first kappa shape index (κ1) is 9.08.